The van der Waals surface area contributed by atoms with E-state index in [1.54, 1.807) is 6.07 Å². The van der Waals surface area contributed by atoms with E-state index in [-0.39, 0.29) is 0 Å². The molecule has 0 aliphatic rings. The number of aromatic hydroxyl groups is 1. The van der Waals surface area contributed by atoms with E-state index in [1.807, 2.05) is 18.2 Å². The van der Waals surface area contributed by atoms with Crippen molar-refractivity contribution in [2.75, 3.05) is 13.1 Å². The van der Waals surface area contributed by atoms with Crippen molar-refractivity contribution in [1.82, 2.24) is 4.90 Å². The Morgan fingerprint density at radius 1 is 1.06 bits per heavy atom. The van der Waals surface area contributed by atoms with Crippen molar-refractivity contribution >= 4 is 0 Å². The van der Waals surface area contributed by atoms with Crippen molar-refractivity contribution in [3.05, 3.63) is 29.8 Å². The van der Waals surface area contributed by atoms with E-state index in [2.05, 4.69) is 25.7 Å². The summed E-state index contributed by atoms with van der Waals surface area (Å²) in [7, 11) is 0. The molecule has 0 saturated heterocycles. The number of rotatable bonds is 8. The van der Waals surface area contributed by atoms with Gasteiger partial charge in [0.15, 0.2) is 0 Å². The van der Waals surface area contributed by atoms with Crippen LogP contribution in [0.3, 0.4) is 0 Å². The van der Waals surface area contributed by atoms with Gasteiger partial charge in [0.25, 0.3) is 0 Å². The minimum atomic E-state index is 0.296. The first kappa shape index (κ1) is 15.0. The van der Waals surface area contributed by atoms with Gasteiger partial charge in [-0.3, -0.25) is 4.90 Å². The summed E-state index contributed by atoms with van der Waals surface area (Å²) in [5.41, 5.74) is 1.05. The lowest BCUT2D eigenvalue weighted by Gasteiger charge is -2.29. The van der Waals surface area contributed by atoms with Crippen molar-refractivity contribution in [3.8, 4) is 5.75 Å². The first-order valence-corrected chi connectivity index (χ1v) is 7.22. The van der Waals surface area contributed by atoms with Crippen molar-refractivity contribution in [1.29, 1.82) is 0 Å². The molecule has 1 aromatic carbocycles. The van der Waals surface area contributed by atoms with Crippen molar-refractivity contribution in [3.63, 3.8) is 0 Å². The molecule has 1 rings (SSSR count). The molecule has 0 bridgehead atoms. The van der Waals surface area contributed by atoms with Gasteiger partial charge in [0.05, 0.1) is 0 Å². The topological polar surface area (TPSA) is 23.5 Å². The number of hydrogen-bond donors (Lipinski definition) is 1. The Labute approximate surface area is 112 Å². The maximum Gasteiger partial charge on any atom is 0.120 e. The molecule has 0 aliphatic heterocycles. The summed E-state index contributed by atoms with van der Waals surface area (Å²) in [6.45, 7) is 8.88. The van der Waals surface area contributed by atoms with Crippen LogP contribution in [0.1, 0.15) is 58.1 Å². The van der Waals surface area contributed by atoms with Crippen LogP contribution in [0.5, 0.6) is 5.75 Å². The van der Waals surface area contributed by atoms with E-state index < -0.39 is 0 Å². The first-order valence-electron chi connectivity index (χ1n) is 7.22. The van der Waals surface area contributed by atoms with Crippen LogP contribution in [0.4, 0.5) is 0 Å². The van der Waals surface area contributed by atoms with Crippen LogP contribution >= 0.6 is 0 Å². The van der Waals surface area contributed by atoms with E-state index in [0.717, 1.165) is 18.7 Å². The van der Waals surface area contributed by atoms with E-state index in [1.165, 1.54) is 25.7 Å². The molecular weight excluding hydrogens is 222 g/mol. The minimum Gasteiger partial charge on any atom is -0.508 e. The highest BCUT2D eigenvalue weighted by Crippen LogP contribution is 2.28. The van der Waals surface area contributed by atoms with Gasteiger partial charge in [-0.05, 0) is 38.9 Å². The van der Waals surface area contributed by atoms with Crippen LogP contribution in [-0.4, -0.2) is 23.1 Å². The largest absolute Gasteiger partial charge is 0.508 e. The predicted molar refractivity (Wildman–Crippen MR) is 77.9 cm³/mol. The molecule has 0 aromatic heterocycles. The fourth-order valence-corrected chi connectivity index (χ4v) is 2.26. The molecule has 1 aromatic rings. The number of phenolic OH excluding ortho intramolecular Hbond substituents is 1. The van der Waals surface area contributed by atoms with E-state index >= 15 is 0 Å². The van der Waals surface area contributed by atoms with Gasteiger partial charge in [0, 0.05) is 11.6 Å². The molecule has 1 unspecified atom stereocenters. The molecule has 102 valence electrons. The smallest absolute Gasteiger partial charge is 0.120 e. The Morgan fingerprint density at radius 3 is 2.11 bits per heavy atom. The molecular formula is C16H27NO. The zero-order chi connectivity index (χ0) is 13.4. The molecule has 0 heterocycles. The summed E-state index contributed by atoms with van der Waals surface area (Å²) in [5, 5.41) is 9.95. The lowest BCUT2D eigenvalue weighted by Crippen LogP contribution is -2.29. The monoisotopic (exact) mass is 249 g/mol. The van der Waals surface area contributed by atoms with E-state index in [9.17, 15) is 5.11 Å². The summed E-state index contributed by atoms with van der Waals surface area (Å²) in [6, 6.07) is 8.00. The third-order valence-corrected chi connectivity index (χ3v) is 3.53. The van der Waals surface area contributed by atoms with Crippen LogP contribution < -0.4 is 0 Å². The number of unbranched alkanes of at least 4 members (excludes halogenated alkanes) is 2. The summed E-state index contributed by atoms with van der Waals surface area (Å²) >= 11 is 0. The van der Waals surface area contributed by atoms with Gasteiger partial charge >= 0.3 is 0 Å². The molecule has 1 atom stereocenters. The van der Waals surface area contributed by atoms with Gasteiger partial charge in [0.1, 0.15) is 5.75 Å². The fourth-order valence-electron chi connectivity index (χ4n) is 2.26. The summed E-state index contributed by atoms with van der Waals surface area (Å²) < 4.78 is 0. The van der Waals surface area contributed by atoms with Gasteiger partial charge in [-0.2, -0.15) is 0 Å². The second kappa shape index (κ2) is 8.15. The highest BCUT2D eigenvalue weighted by Gasteiger charge is 2.17. The Hall–Kier alpha value is -1.02. The van der Waals surface area contributed by atoms with Crippen LogP contribution in [-0.2, 0) is 0 Å². The molecule has 18 heavy (non-hydrogen) atoms. The Kier molecular flexibility index (Phi) is 6.81. The average molecular weight is 249 g/mol. The fraction of sp³-hybridized carbons (Fsp3) is 0.625. The van der Waals surface area contributed by atoms with Gasteiger partial charge < -0.3 is 5.11 Å². The molecule has 2 nitrogen and oxygen atoms in total. The third-order valence-electron chi connectivity index (χ3n) is 3.53. The third kappa shape index (κ3) is 4.34. The zero-order valence-corrected chi connectivity index (χ0v) is 12.0. The normalized spacial score (nSPS) is 12.9. The van der Waals surface area contributed by atoms with Gasteiger partial charge in [-0.25, -0.2) is 0 Å². The van der Waals surface area contributed by atoms with Gasteiger partial charge in [-0.1, -0.05) is 44.9 Å². The first-order chi connectivity index (χ1) is 8.70. The lowest BCUT2D eigenvalue weighted by molar-refractivity contribution is 0.201. The van der Waals surface area contributed by atoms with Crippen molar-refractivity contribution in [2.45, 2.75) is 52.5 Å². The second-order valence-electron chi connectivity index (χ2n) is 4.98. The standard InChI is InChI=1S/C16H27NO/c1-4-6-12-17(13-7-5-2)14(3)15-10-8-9-11-16(15)18/h8-11,14,18H,4-7,12-13H2,1-3H3. The summed E-state index contributed by atoms with van der Waals surface area (Å²) in [6.07, 6.45) is 4.88. The Bertz CT molecular complexity index is 330. The van der Waals surface area contributed by atoms with Crippen molar-refractivity contribution < 1.29 is 5.11 Å². The van der Waals surface area contributed by atoms with Crippen LogP contribution in [0.25, 0.3) is 0 Å². The molecule has 2 heteroatoms. The molecule has 1 N–H and O–H groups in total. The number of hydrogen-bond acceptors (Lipinski definition) is 2. The zero-order valence-electron chi connectivity index (χ0n) is 12.0. The van der Waals surface area contributed by atoms with Crippen molar-refractivity contribution in [2.24, 2.45) is 0 Å². The summed E-state index contributed by atoms with van der Waals surface area (Å²) in [5.74, 6) is 0.419. The van der Waals surface area contributed by atoms with E-state index in [0.29, 0.717) is 11.8 Å². The highest BCUT2D eigenvalue weighted by molar-refractivity contribution is 5.34. The van der Waals surface area contributed by atoms with Crippen LogP contribution in [0.2, 0.25) is 0 Å². The number of phenols is 1. The molecule has 0 fully saturated rings. The predicted octanol–water partition coefficient (Wildman–Crippen LogP) is 4.36. The molecule has 0 amide bonds. The maximum absolute atomic E-state index is 9.95. The SMILES string of the molecule is CCCCN(CCCC)C(C)c1ccccc1O. The molecule has 0 aliphatic carbocycles. The maximum atomic E-state index is 9.95. The molecule has 0 spiro atoms. The quantitative estimate of drug-likeness (QED) is 0.740. The van der Waals surface area contributed by atoms with Crippen LogP contribution in [0, 0.1) is 0 Å². The Morgan fingerprint density at radius 2 is 1.61 bits per heavy atom. The highest BCUT2D eigenvalue weighted by atomic mass is 16.3. The summed E-state index contributed by atoms with van der Waals surface area (Å²) in [4.78, 5) is 2.49. The molecule has 0 saturated carbocycles. The Balaban J connectivity index is 2.73. The number of para-hydroxylation sites is 1. The second-order valence-corrected chi connectivity index (χ2v) is 4.98. The van der Waals surface area contributed by atoms with Gasteiger partial charge in [0.2, 0.25) is 0 Å². The lowest BCUT2D eigenvalue weighted by atomic mass is 10.0. The van der Waals surface area contributed by atoms with Gasteiger partial charge in [-0.15, -0.1) is 0 Å². The average Bonchev–Trinajstić information content (AvgIpc) is 2.39. The number of nitrogens with zero attached hydrogens (tertiary/aromatic N) is 1. The van der Waals surface area contributed by atoms with E-state index in [4.69, 9.17) is 0 Å². The number of benzene rings is 1. The minimum absolute atomic E-state index is 0.296. The molecule has 0 radical (unpaired) electrons. The van der Waals surface area contributed by atoms with Crippen LogP contribution in [0.15, 0.2) is 24.3 Å².